The molecule has 0 saturated heterocycles. The fourth-order valence-corrected chi connectivity index (χ4v) is 4.73. The van der Waals surface area contributed by atoms with Crippen LogP contribution in [0.15, 0.2) is 41.2 Å². The molecule has 1 amide bonds. The molecule has 5 rings (SSSR count). The predicted octanol–water partition coefficient (Wildman–Crippen LogP) is 1.81. The van der Waals surface area contributed by atoms with Gasteiger partial charge in [0.2, 0.25) is 5.75 Å². The number of amides is 1. The van der Waals surface area contributed by atoms with Gasteiger partial charge in [0.05, 0.1) is 6.04 Å². The molecule has 7 nitrogen and oxygen atoms in total. The van der Waals surface area contributed by atoms with Gasteiger partial charge in [0.15, 0.2) is 5.69 Å². The van der Waals surface area contributed by atoms with E-state index in [-0.39, 0.29) is 18.2 Å². The van der Waals surface area contributed by atoms with Gasteiger partial charge in [0.1, 0.15) is 0 Å². The Morgan fingerprint density at radius 3 is 2.70 bits per heavy atom. The lowest BCUT2D eigenvalue weighted by atomic mass is 9.82. The Kier molecular flexibility index (Phi) is 4.03. The van der Waals surface area contributed by atoms with Crippen LogP contribution in [-0.4, -0.2) is 44.2 Å². The van der Waals surface area contributed by atoms with Crippen LogP contribution in [0.4, 0.5) is 0 Å². The van der Waals surface area contributed by atoms with Gasteiger partial charge in [-0.25, -0.2) is 0 Å². The molecule has 2 aromatic carbocycles. The molecule has 2 atom stereocenters. The van der Waals surface area contributed by atoms with Crippen LogP contribution in [0.5, 0.6) is 11.8 Å². The first-order chi connectivity index (χ1) is 14.5. The third-order valence-corrected chi connectivity index (χ3v) is 6.10. The van der Waals surface area contributed by atoms with Gasteiger partial charge in [-0.2, -0.15) is 4.98 Å². The molecule has 30 heavy (non-hydrogen) atoms. The van der Waals surface area contributed by atoms with E-state index in [1.54, 1.807) is 7.05 Å². The maximum Gasteiger partial charge on any atom is 0.318 e. The second-order valence-electron chi connectivity index (χ2n) is 7.76. The van der Waals surface area contributed by atoms with E-state index in [0.29, 0.717) is 0 Å². The average Bonchev–Trinajstić information content (AvgIpc) is 2.91. The van der Waals surface area contributed by atoms with Crippen LogP contribution in [-0.2, 0) is 12.8 Å². The molecule has 150 valence electrons. The van der Waals surface area contributed by atoms with E-state index in [2.05, 4.69) is 23.2 Å². The number of hydrogen-bond acceptors (Lipinski definition) is 5. The molecule has 0 bridgehead atoms. The number of benzene rings is 1. The molecule has 1 unspecified atom stereocenters. The molecule has 2 N–H and O–H groups in total. The lowest BCUT2D eigenvalue weighted by molar-refractivity contribution is 0.0688. The smallest absolute Gasteiger partial charge is 0.318 e. The standard InChI is InChI=1S/C23H19N3O4/c1-25-12-17(26-19(22(25)29)20(27)21(28)24-23(26)30)18-15-8-4-2-6-13(15)10-11-14-7-3-5-9-16(14)18/h2-4,6-8,17-18,27H,10-12H2,1H3,(H,24,28,30)/t17-,18?/m1/s1. The largest absolute Gasteiger partial charge is 0.501 e. The zero-order valence-electron chi connectivity index (χ0n) is 16.3. The van der Waals surface area contributed by atoms with Gasteiger partial charge in [-0.05, 0) is 41.7 Å². The molecule has 0 spiro atoms. The second kappa shape index (κ2) is 6.63. The van der Waals surface area contributed by atoms with Gasteiger partial charge in [-0.15, -0.1) is 0 Å². The lowest BCUT2D eigenvalue weighted by Crippen LogP contribution is -2.44. The Morgan fingerprint density at radius 1 is 1.10 bits per heavy atom. The van der Waals surface area contributed by atoms with E-state index < -0.39 is 29.3 Å². The maximum absolute atomic E-state index is 12.8. The highest BCUT2D eigenvalue weighted by Crippen LogP contribution is 2.44. The minimum absolute atomic E-state index is 0.241. The summed E-state index contributed by atoms with van der Waals surface area (Å²) in [7, 11) is 1.62. The highest BCUT2D eigenvalue weighted by atomic mass is 16.3. The summed E-state index contributed by atoms with van der Waals surface area (Å²) in [6.07, 6.45) is 1.69. The fourth-order valence-electron chi connectivity index (χ4n) is 4.73. The van der Waals surface area contributed by atoms with Crippen molar-refractivity contribution in [2.45, 2.75) is 24.8 Å². The van der Waals surface area contributed by atoms with Gasteiger partial charge in [0, 0.05) is 25.1 Å². The lowest BCUT2D eigenvalue weighted by Gasteiger charge is -2.38. The summed E-state index contributed by atoms with van der Waals surface area (Å²) in [5, 5.41) is 20.9. The minimum atomic E-state index is -1.03. The maximum atomic E-state index is 12.8. The number of aryl methyl sites for hydroxylation is 2. The molecule has 1 aliphatic heterocycles. The number of aromatic hydroxyl groups is 2. The number of aromatic nitrogens is 2. The van der Waals surface area contributed by atoms with Crippen LogP contribution in [0.1, 0.15) is 44.7 Å². The molecular formula is C23H19N3O4. The quantitative estimate of drug-likeness (QED) is 0.649. The Bertz CT molecular complexity index is 1190. The second-order valence-corrected chi connectivity index (χ2v) is 7.76. The van der Waals surface area contributed by atoms with E-state index in [9.17, 15) is 19.8 Å². The van der Waals surface area contributed by atoms with E-state index in [0.717, 1.165) is 29.5 Å². The van der Waals surface area contributed by atoms with Crippen molar-refractivity contribution < 1.29 is 15.0 Å². The molecule has 1 aromatic heterocycles. The normalized spacial score (nSPS) is 18.1. The van der Waals surface area contributed by atoms with E-state index in [4.69, 9.17) is 0 Å². The highest BCUT2D eigenvalue weighted by molar-refractivity contribution is 5.95. The molecule has 7 heteroatoms. The van der Waals surface area contributed by atoms with E-state index in [1.165, 1.54) is 15.0 Å². The van der Waals surface area contributed by atoms with Crippen LogP contribution in [0.3, 0.4) is 0 Å². The number of carbonyl (C=O) groups excluding carboxylic acids is 1. The number of nitrogens with zero attached hydrogens (tertiary/aromatic N) is 3. The molecule has 2 aliphatic rings. The van der Waals surface area contributed by atoms with Crippen molar-refractivity contribution in [2.75, 3.05) is 13.6 Å². The molecule has 0 radical (unpaired) electrons. The van der Waals surface area contributed by atoms with Gasteiger partial charge >= 0.3 is 5.56 Å². The van der Waals surface area contributed by atoms with Crippen LogP contribution in [0, 0.1) is 12.1 Å². The van der Waals surface area contributed by atoms with Gasteiger partial charge in [-0.3, -0.25) is 14.2 Å². The predicted molar refractivity (Wildman–Crippen MR) is 108 cm³/mol. The third-order valence-electron chi connectivity index (χ3n) is 6.10. The zero-order chi connectivity index (χ0) is 21.0. The van der Waals surface area contributed by atoms with Crippen LogP contribution < -0.4 is 5.56 Å². The number of fused-ring (bicyclic) bond motifs is 3. The summed E-state index contributed by atoms with van der Waals surface area (Å²) >= 11 is 0. The van der Waals surface area contributed by atoms with Crippen molar-refractivity contribution in [2.24, 2.45) is 0 Å². The molecule has 0 saturated carbocycles. The van der Waals surface area contributed by atoms with Crippen molar-refractivity contribution in [1.29, 1.82) is 0 Å². The first kappa shape index (κ1) is 18.3. The van der Waals surface area contributed by atoms with Crippen molar-refractivity contribution in [3.8, 4) is 11.8 Å². The summed E-state index contributed by atoms with van der Waals surface area (Å²) in [5.74, 6) is -1.57. The first-order valence-electron chi connectivity index (χ1n) is 9.76. The number of likely N-dealkylation sites (N-methyl/N-ethyl adjacent to an activating group) is 1. The average molecular weight is 401 g/mol. The Balaban J connectivity index is 1.82. The number of hydrogen-bond donors (Lipinski definition) is 2. The van der Waals surface area contributed by atoms with Crippen molar-refractivity contribution >= 4 is 5.91 Å². The number of rotatable bonds is 1. The van der Waals surface area contributed by atoms with Gasteiger partial charge < -0.3 is 15.1 Å². The summed E-state index contributed by atoms with van der Waals surface area (Å²) < 4.78 is 1.30. The Labute approximate surface area is 172 Å². The zero-order valence-corrected chi connectivity index (χ0v) is 16.3. The van der Waals surface area contributed by atoms with E-state index >= 15 is 0 Å². The Hall–Kier alpha value is -3.79. The minimum Gasteiger partial charge on any atom is -0.501 e. The molecule has 2 heterocycles. The summed E-state index contributed by atoms with van der Waals surface area (Å²) in [4.78, 5) is 29.8. The Morgan fingerprint density at radius 2 is 1.87 bits per heavy atom. The highest BCUT2D eigenvalue weighted by Gasteiger charge is 2.41. The third kappa shape index (κ3) is 2.57. The molecule has 3 aromatic rings. The van der Waals surface area contributed by atoms with Gasteiger partial charge in [-0.1, -0.05) is 36.4 Å². The summed E-state index contributed by atoms with van der Waals surface area (Å²) in [6.45, 7) is 0.268. The topological polar surface area (TPSA) is 95.7 Å². The van der Waals surface area contributed by atoms with Crippen LogP contribution in [0.25, 0.3) is 0 Å². The molecule has 0 fully saturated rings. The SMILES string of the molecule is CN1C[C@H](C2c3c#cccc3CCc3ccccc32)n2c(O)nc(=O)c(O)c2C1=O. The molecule has 1 aliphatic carbocycles. The summed E-state index contributed by atoms with van der Waals surface area (Å²) in [6, 6.07) is 17.1. The number of carbonyl (C=O) groups is 1. The fraction of sp³-hybridized carbons (Fsp3) is 0.261. The van der Waals surface area contributed by atoms with Crippen molar-refractivity contribution in [3.63, 3.8) is 0 Å². The monoisotopic (exact) mass is 401 g/mol. The first-order valence-corrected chi connectivity index (χ1v) is 9.76. The van der Waals surface area contributed by atoms with E-state index in [1.807, 2.05) is 30.3 Å². The van der Waals surface area contributed by atoms with Crippen molar-refractivity contribution in [1.82, 2.24) is 14.5 Å². The summed E-state index contributed by atoms with van der Waals surface area (Å²) in [5.41, 5.74) is 3.01. The van der Waals surface area contributed by atoms with Crippen molar-refractivity contribution in [3.05, 3.63) is 86.8 Å². The van der Waals surface area contributed by atoms with Crippen LogP contribution >= 0.6 is 0 Å². The van der Waals surface area contributed by atoms with Gasteiger partial charge in [0.25, 0.3) is 11.9 Å². The molecular weight excluding hydrogens is 382 g/mol. The van der Waals surface area contributed by atoms with Crippen LogP contribution in [0.2, 0.25) is 0 Å².